The quantitative estimate of drug-likeness (QED) is 0.777. The van der Waals surface area contributed by atoms with Gasteiger partial charge in [-0.3, -0.25) is 4.98 Å². The van der Waals surface area contributed by atoms with Crippen molar-refractivity contribution in [1.29, 1.82) is 0 Å². The molecule has 108 valence electrons. The maximum absolute atomic E-state index is 13.9. The van der Waals surface area contributed by atoms with Crippen molar-refractivity contribution in [3.05, 3.63) is 64.7 Å². The minimum atomic E-state index is -0.346. The highest BCUT2D eigenvalue weighted by atomic mass is 19.1. The molecule has 1 N–H and O–H groups in total. The average molecular weight is 287 g/mol. The lowest BCUT2D eigenvalue weighted by atomic mass is 10.1. The second kappa shape index (κ2) is 5.45. The summed E-state index contributed by atoms with van der Waals surface area (Å²) in [6, 6.07) is 6.14. The molecule has 6 nitrogen and oxygen atoms in total. The summed E-state index contributed by atoms with van der Waals surface area (Å²) in [5.74, 6) is -0.310. The van der Waals surface area contributed by atoms with Gasteiger partial charge in [-0.25, -0.2) is 18.3 Å². The van der Waals surface area contributed by atoms with Crippen LogP contribution in [-0.4, -0.2) is 26.2 Å². The van der Waals surface area contributed by atoms with E-state index in [2.05, 4.69) is 15.4 Å². The molecule has 0 aliphatic carbocycles. The third-order valence-corrected chi connectivity index (χ3v) is 3.37. The molecule has 2 heterocycles. The molecule has 2 aromatic heterocycles. The van der Waals surface area contributed by atoms with Gasteiger partial charge in [-0.05, 0) is 13.1 Å². The molecule has 0 fully saturated rings. The van der Waals surface area contributed by atoms with Gasteiger partial charge in [0.15, 0.2) is 5.65 Å². The summed E-state index contributed by atoms with van der Waals surface area (Å²) in [5, 5.41) is 7.21. The number of halogens is 1. The van der Waals surface area contributed by atoms with Crippen LogP contribution in [-0.2, 0) is 6.54 Å². The zero-order chi connectivity index (χ0) is 14.8. The first-order chi connectivity index (χ1) is 10.2. The molecule has 7 heteroatoms. The van der Waals surface area contributed by atoms with E-state index < -0.39 is 0 Å². The van der Waals surface area contributed by atoms with E-state index in [1.165, 1.54) is 27.5 Å². The molecule has 1 atom stereocenters. The van der Waals surface area contributed by atoms with Crippen LogP contribution in [0.1, 0.15) is 11.6 Å². The molecule has 21 heavy (non-hydrogen) atoms. The Labute approximate surface area is 119 Å². The van der Waals surface area contributed by atoms with Gasteiger partial charge in [-0.1, -0.05) is 18.2 Å². The molecule has 3 aromatic rings. The van der Waals surface area contributed by atoms with Crippen LogP contribution in [0.2, 0.25) is 0 Å². The van der Waals surface area contributed by atoms with Crippen molar-refractivity contribution in [3.63, 3.8) is 0 Å². The van der Waals surface area contributed by atoms with E-state index in [4.69, 9.17) is 0 Å². The number of fused-ring (bicyclic) bond motifs is 1. The van der Waals surface area contributed by atoms with Crippen LogP contribution >= 0.6 is 0 Å². The van der Waals surface area contributed by atoms with Crippen LogP contribution in [0.4, 0.5) is 4.39 Å². The average Bonchev–Trinajstić information content (AvgIpc) is 2.82. The van der Waals surface area contributed by atoms with Gasteiger partial charge in [-0.15, -0.1) is 5.10 Å². The third-order valence-electron chi connectivity index (χ3n) is 3.37. The minimum Gasteiger partial charge on any atom is -0.311 e. The predicted molar refractivity (Wildman–Crippen MR) is 75.4 cm³/mol. The molecule has 0 spiro atoms. The van der Waals surface area contributed by atoms with Gasteiger partial charge in [0.2, 0.25) is 0 Å². The maximum Gasteiger partial charge on any atom is 0.350 e. The van der Waals surface area contributed by atoms with E-state index >= 15 is 0 Å². The summed E-state index contributed by atoms with van der Waals surface area (Å²) in [7, 11) is 1.72. The highest BCUT2D eigenvalue weighted by Gasteiger charge is 2.17. The topological polar surface area (TPSA) is 64.2 Å². The summed E-state index contributed by atoms with van der Waals surface area (Å²) in [6.07, 6.45) is 4.58. The van der Waals surface area contributed by atoms with Gasteiger partial charge in [0.1, 0.15) is 5.82 Å². The van der Waals surface area contributed by atoms with Crippen LogP contribution in [0.3, 0.4) is 0 Å². The van der Waals surface area contributed by atoms with Crippen molar-refractivity contribution < 1.29 is 4.39 Å². The Hall–Kier alpha value is -2.54. The van der Waals surface area contributed by atoms with E-state index in [-0.39, 0.29) is 24.1 Å². The Morgan fingerprint density at radius 3 is 2.90 bits per heavy atom. The highest BCUT2D eigenvalue weighted by molar-refractivity contribution is 5.32. The molecule has 0 aliphatic heterocycles. The second-order valence-electron chi connectivity index (χ2n) is 4.63. The summed E-state index contributed by atoms with van der Waals surface area (Å²) in [5.41, 5.74) is 0.692. The molecule has 0 bridgehead atoms. The molecule has 0 saturated heterocycles. The number of nitrogens with zero attached hydrogens (tertiary/aromatic N) is 4. The molecule has 0 amide bonds. The molecule has 1 aromatic carbocycles. The summed E-state index contributed by atoms with van der Waals surface area (Å²) < 4.78 is 16.6. The SMILES string of the molecule is CNC(Cn1nc2cnccn2c1=O)c1ccccc1F. The first-order valence-electron chi connectivity index (χ1n) is 6.51. The summed E-state index contributed by atoms with van der Waals surface area (Å²) >= 11 is 0. The Morgan fingerprint density at radius 2 is 2.19 bits per heavy atom. The lowest BCUT2D eigenvalue weighted by Crippen LogP contribution is -2.29. The normalized spacial score (nSPS) is 12.7. The molecular weight excluding hydrogens is 273 g/mol. The fourth-order valence-corrected chi connectivity index (χ4v) is 2.27. The van der Waals surface area contributed by atoms with Gasteiger partial charge in [0.05, 0.1) is 18.8 Å². The monoisotopic (exact) mass is 287 g/mol. The van der Waals surface area contributed by atoms with Crippen LogP contribution in [0, 0.1) is 5.82 Å². The van der Waals surface area contributed by atoms with Gasteiger partial charge in [0, 0.05) is 18.0 Å². The Bertz CT molecular complexity index is 825. The van der Waals surface area contributed by atoms with Gasteiger partial charge >= 0.3 is 5.69 Å². The molecule has 0 saturated carbocycles. The maximum atomic E-state index is 13.9. The van der Waals surface area contributed by atoms with Crippen LogP contribution in [0.25, 0.3) is 5.65 Å². The van der Waals surface area contributed by atoms with Gasteiger partial charge < -0.3 is 5.32 Å². The minimum absolute atomic E-state index is 0.234. The zero-order valence-electron chi connectivity index (χ0n) is 11.4. The fraction of sp³-hybridized carbons (Fsp3) is 0.214. The lowest BCUT2D eigenvalue weighted by molar-refractivity contribution is 0.441. The largest absolute Gasteiger partial charge is 0.350 e. The number of hydrogen-bond acceptors (Lipinski definition) is 4. The number of benzene rings is 1. The van der Waals surface area contributed by atoms with E-state index in [9.17, 15) is 9.18 Å². The smallest absolute Gasteiger partial charge is 0.311 e. The number of hydrogen-bond donors (Lipinski definition) is 1. The number of rotatable bonds is 4. The van der Waals surface area contributed by atoms with Crippen molar-refractivity contribution in [2.75, 3.05) is 7.05 Å². The van der Waals surface area contributed by atoms with Crippen LogP contribution in [0.15, 0.2) is 47.7 Å². The molecule has 1 unspecified atom stereocenters. The van der Waals surface area contributed by atoms with Crippen molar-refractivity contribution in [2.45, 2.75) is 12.6 Å². The van der Waals surface area contributed by atoms with Crippen molar-refractivity contribution >= 4 is 5.65 Å². The zero-order valence-corrected chi connectivity index (χ0v) is 11.4. The number of likely N-dealkylation sites (N-methyl/N-ethyl adjacent to an activating group) is 1. The first-order valence-corrected chi connectivity index (χ1v) is 6.51. The fourth-order valence-electron chi connectivity index (χ4n) is 2.27. The van der Waals surface area contributed by atoms with E-state index in [1.807, 2.05) is 0 Å². The van der Waals surface area contributed by atoms with Crippen molar-refractivity contribution in [2.24, 2.45) is 0 Å². The van der Waals surface area contributed by atoms with E-state index in [0.717, 1.165) is 0 Å². The Kier molecular flexibility index (Phi) is 3.49. The van der Waals surface area contributed by atoms with Crippen LogP contribution in [0.5, 0.6) is 0 Å². The standard InChI is InChI=1S/C14H14FN5O/c1-16-12(10-4-2-3-5-11(10)15)9-20-14(21)19-7-6-17-8-13(19)18-20/h2-8,12,16H,9H2,1H3. The Morgan fingerprint density at radius 1 is 1.38 bits per heavy atom. The van der Waals surface area contributed by atoms with Gasteiger partial charge in [0.25, 0.3) is 0 Å². The van der Waals surface area contributed by atoms with Crippen molar-refractivity contribution in [3.8, 4) is 0 Å². The molecular formula is C14H14FN5O. The van der Waals surface area contributed by atoms with E-state index in [0.29, 0.717) is 11.2 Å². The van der Waals surface area contributed by atoms with E-state index in [1.54, 1.807) is 31.4 Å². The molecule has 0 radical (unpaired) electrons. The lowest BCUT2D eigenvalue weighted by Gasteiger charge is -2.16. The second-order valence-corrected chi connectivity index (χ2v) is 4.63. The Balaban J connectivity index is 1.98. The predicted octanol–water partition coefficient (Wildman–Crippen LogP) is 0.991. The van der Waals surface area contributed by atoms with Crippen LogP contribution < -0.4 is 11.0 Å². The van der Waals surface area contributed by atoms with Crippen molar-refractivity contribution in [1.82, 2.24) is 24.5 Å². The summed E-state index contributed by atoms with van der Waals surface area (Å²) in [6.45, 7) is 0.234. The number of nitrogens with one attached hydrogen (secondary N) is 1. The summed E-state index contributed by atoms with van der Waals surface area (Å²) in [4.78, 5) is 16.1. The van der Waals surface area contributed by atoms with Gasteiger partial charge in [-0.2, -0.15) is 0 Å². The molecule has 3 rings (SSSR count). The molecule has 0 aliphatic rings. The highest BCUT2D eigenvalue weighted by Crippen LogP contribution is 2.17. The third kappa shape index (κ3) is 2.43. The number of aromatic nitrogens is 4. The first kappa shape index (κ1) is 13.4.